The van der Waals surface area contributed by atoms with Gasteiger partial charge in [0.2, 0.25) is 5.95 Å². The number of aromatic nitrogens is 3. The Morgan fingerprint density at radius 3 is 3.00 bits per heavy atom. The number of rotatable bonds is 3. The second-order valence-electron chi connectivity index (χ2n) is 4.41. The normalized spacial score (nSPS) is 10.6. The number of hydrogen-bond donors (Lipinski definition) is 3. The monoisotopic (exact) mass is 267 g/mol. The number of nitrogens with one attached hydrogen (secondary N) is 2. The van der Waals surface area contributed by atoms with Gasteiger partial charge in [-0.15, -0.1) is 0 Å². The third-order valence-corrected chi connectivity index (χ3v) is 2.91. The summed E-state index contributed by atoms with van der Waals surface area (Å²) in [5, 5.41) is 3.55. The van der Waals surface area contributed by atoms with Gasteiger partial charge < -0.3 is 11.1 Å². The Bertz CT molecular complexity index is 798. The van der Waals surface area contributed by atoms with Crippen LogP contribution in [-0.4, -0.2) is 15.0 Å². The highest BCUT2D eigenvalue weighted by atomic mass is 16.1. The molecule has 100 valence electrons. The first-order valence-corrected chi connectivity index (χ1v) is 6.15. The minimum atomic E-state index is -0.212. The molecule has 0 fully saturated rings. The van der Waals surface area contributed by atoms with Crippen molar-refractivity contribution in [3.8, 4) is 0 Å². The van der Waals surface area contributed by atoms with E-state index in [1.165, 1.54) is 0 Å². The maximum Gasteiger partial charge on any atom is 0.260 e. The summed E-state index contributed by atoms with van der Waals surface area (Å²) < 4.78 is 0. The van der Waals surface area contributed by atoms with Gasteiger partial charge in [-0.2, -0.15) is 0 Å². The summed E-state index contributed by atoms with van der Waals surface area (Å²) in [7, 11) is 0. The number of fused-ring (bicyclic) bond motifs is 1. The lowest BCUT2D eigenvalue weighted by molar-refractivity contribution is 1.04. The van der Waals surface area contributed by atoms with Crippen LogP contribution in [-0.2, 0) is 6.54 Å². The maximum absolute atomic E-state index is 12.0. The van der Waals surface area contributed by atoms with Crippen LogP contribution < -0.4 is 16.6 Å². The molecule has 6 heteroatoms. The number of hydrogen-bond acceptors (Lipinski definition) is 5. The van der Waals surface area contributed by atoms with E-state index in [1.807, 2.05) is 12.1 Å². The Balaban J connectivity index is 1.89. The summed E-state index contributed by atoms with van der Waals surface area (Å²) in [6.07, 6.45) is 3.47. The van der Waals surface area contributed by atoms with E-state index in [9.17, 15) is 4.79 Å². The Morgan fingerprint density at radius 2 is 2.20 bits per heavy atom. The summed E-state index contributed by atoms with van der Waals surface area (Å²) >= 11 is 0. The summed E-state index contributed by atoms with van der Waals surface area (Å²) in [5.41, 5.74) is 7.61. The first kappa shape index (κ1) is 12.2. The van der Waals surface area contributed by atoms with Crippen molar-refractivity contribution >= 4 is 22.5 Å². The van der Waals surface area contributed by atoms with Gasteiger partial charge >= 0.3 is 0 Å². The second kappa shape index (κ2) is 5.00. The van der Waals surface area contributed by atoms with Crippen molar-refractivity contribution in [3.05, 3.63) is 58.6 Å². The first-order chi connectivity index (χ1) is 9.72. The van der Waals surface area contributed by atoms with Gasteiger partial charge in [-0.25, -0.2) is 4.98 Å². The van der Waals surface area contributed by atoms with Crippen molar-refractivity contribution in [1.29, 1.82) is 0 Å². The van der Waals surface area contributed by atoms with Crippen LogP contribution in [0.5, 0.6) is 0 Å². The minimum absolute atomic E-state index is 0.212. The number of anilines is 2. The van der Waals surface area contributed by atoms with E-state index in [2.05, 4.69) is 20.3 Å². The minimum Gasteiger partial charge on any atom is -0.399 e. The molecule has 0 unspecified atom stereocenters. The zero-order valence-electron chi connectivity index (χ0n) is 10.6. The highest BCUT2D eigenvalue weighted by Crippen LogP contribution is 2.13. The average Bonchev–Trinajstić information content (AvgIpc) is 2.47. The molecule has 2 aromatic heterocycles. The van der Waals surface area contributed by atoms with Crippen LogP contribution >= 0.6 is 0 Å². The SMILES string of the molecule is Nc1ccc2nc(NCc3cccnc3)[nH]c(=O)c2c1. The highest BCUT2D eigenvalue weighted by molar-refractivity contribution is 5.81. The van der Waals surface area contributed by atoms with E-state index in [4.69, 9.17) is 5.73 Å². The molecule has 0 aliphatic heterocycles. The molecular weight excluding hydrogens is 254 g/mol. The zero-order chi connectivity index (χ0) is 13.9. The average molecular weight is 267 g/mol. The predicted octanol–water partition coefficient (Wildman–Crippen LogP) is 1.51. The van der Waals surface area contributed by atoms with E-state index in [0.29, 0.717) is 29.1 Å². The first-order valence-electron chi connectivity index (χ1n) is 6.15. The molecule has 0 aliphatic carbocycles. The number of aromatic amines is 1. The second-order valence-corrected chi connectivity index (χ2v) is 4.41. The summed E-state index contributed by atoms with van der Waals surface area (Å²) in [6.45, 7) is 0.539. The molecule has 3 rings (SSSR count). The lowest BCUT2D eigenvalue weighted by Crippen LogP contribution is -2.13. The molecule has 1 aromatic carbocycles. The fourth-order valence-corrected chi connectivity index (χ4v) is 1.93. The largest absolute Gasteiger partial charge is 0.399 e. The smallest absolute Gasteiger partial charge is 0.260 e. The number of benzene rings is 1. The Labute approximate surface area is 114 Å². The number of nitrogens with zero attached hydrogens (tertiary/aromatic N) is 2. The molecule has 0 aliphatic rings. The van der Waals surface area contributed by atoms with E-state index in [-0.39, 0.29) is 5.56 Å². The lowest BCUT2D eigenvalue weighted by atomic mass is 10.2. The van der Waals surface area contributed by atoms with Crippen LogP contribution in [0.15, 0.2) is 47.5 Å². The third kappa shape index (κ3) is 2.44. The fourth-order valence-electron chi connectivity index (χ4n) is 1.93. The van der Waals surface area contributed by atoms with Gasteiger partial charge in [-0.1, -0.05) is 6.07 Å². The molecule has 0 saturated heterocycles. The Morgan fingerprint density at radius 1 is 1.30 bits per heavy atom. The van der Waals surface area contributed by atoms with Gasteiger partial charge in [-0.3, -0.25) is 14.8 Å². The molecule has 2 heterocycles. The topological polar surface area (TPSA) is 96.7 Å². The van der Waals surface area contributed by atoms with Gasteiger partial charge in [0.1, 0.15) is 0 Å². The Kier molecular flexibility index (Phi) is 3.04. The van der Waals surface area contributed by atoms with Gasteiger partial charge in [0.15, 0.2) is 0 Å². The van der Waals surface area contributed by atoms with Gasteiger partial charge in [0.25, 0.3) is 5.56 Å². The van der Waals surface area contributed by atoms with Crippen molar-refractivity contribution in [2.24, 2.45) is 0 Å². The van der Waals surface area contributed by atoms with Crippen LogP contribution in [0.3, 0.4) is 0 Å². The number of nitrogens with two attached hydrogens (primary N) is 1. The van der Waals surface area contributed by atoms with Crippen LogP contribution in [0.4, 0.5) is 11.6 Å². The Hall–Kier alpha value is -2.89. The quantitative estimate of drug-likeness (QED) is 0.625. The molecule has 0 amide bonds. The summed E-state index contributed by atoms with van der Waals surface area (Å²) in [6, 6.07) is 8.87. The molecule has 0 spiro atoms. The van der Waals surface area contributed by atoms with Gasteiger partial charge in [0.05, 0.1) is 10.9 Å². The third-order valence-electron chi connectivity index (χ3n) is 2.91. The number of H-pyrrole nitrogens is 1. The molecule has 20 heavy (non-hydrogen) atoms. The summed E-state index contributed by atoms with van der Waals surface area (Å²) in [4.78, 5) is 23.0. The van der Waals surface area contributed by atoms with E-state index < -0.39 is 0 Å². The molecule has 0 bridgehead atoms. The standard InChI is InChI=1S/C14H13N5O/c15-10-3-4-12-11(6-10)13(20)19-14(18-12)17-8-9-2-1-5-16-7-9/h1-7H,8,15H2,(H2,17,18,19,20). The van der Waals surface area contributed by atoms with Crippen molar-refractivity contribution in [2.75, 3.05) is 11.1 Å². The highest BCUT2D eigenvalue weighted by Gasteiger charge is 2.04. The molecule has 3 aromatic rings. The van der Waals surface area contributed by atoms with E-state index in [0.717, 1.165) is 5.56 Å². The van der Waals surface area contributed by atoms with Crippen LogP contribution in [0, 0.1) is 0 Å². The zero-order valence-corrected chi connectivity index (χ0v) is 10.6. The van der Waals surface area contributed by atoms with Crippen molar-refractivity contribution in [2.45, 2.75) is 6.54 Å². The molecule has 4 N–H and O–H groups in total. The fraction of sp³-hybridized carbons (Fsp3) is 0.0714. The molecular formula is C14H13N5O. The molecule has 0 saturated carbocycles. The van der Waals surface area contributed by atoms with Crippen molar-refractivity contribution in [3.63, 3.8) is 0 Å². The molecule has 0 atom stereocenters. The van der Waals surface area contributed by atoms with Gasteiger partial charge in [-0.05, 0) is 29.8 Å². The maximum atomic E-state index is 12.0. The van der Waals surface area contributed by atoms with Crippen LogP contribution in [0.25, 0.3) is 10.9 Å². The number of nitrogen functional groups attached to an aromatic ring is 1. The lowest BCUT2D eigenvalue weighted by Gasteiger charge is -2.06. The molecule has 6 nitrogen and oxygen atoms in total. The van der Waals surface area contributed by atoms with E-state index in [1.54, 1.807) is 30.6 Å². The van der Waals surface area contributed by atoms with Gasteiger partial charge in [0, 0.05) is 24.6 Å². The van der Waals surface area contributed by atoms with E-state index >= 15 is 0 Å². The van der Waals surface area contributed by atoms with Crippen molar-refractivity contribution in [1.82, 2.24) is 15.0 Å². The van der Waals surface area contributed by atoms with Crippen molar-refractivity contribution < 1.29 is 0 Å². The molecule has 0 radical (unpaired) electrons. The number of pyridine rings is 1. The van der Waals surface area contributed by atoms with Crippen LogP contribution in [0.2, 0.25) is 0 Å². The van der Waals surface area contributed by atoms with Crippen LogP contribution in [0.1, 0.15) is 5.56 Å². The predicted molar refractivity (Wildman–Crippen MR) is 78.3 cm³/mol. The summed E-state index contributed by atoms with van der Waals surface area (Å²) in [5.74, 6) is 0.427.